The molecule has 0 saturated carbocycles. The number of hydrogen-bond donors (Lipinski definition) is 1. The zero-order valence-electron chi connectivity index (χ0n) is 6.55. The molecule has 0 aliphatic heterocycles. The van der Waals surface area contributed by atoms with E-state index < -0.39 is 0 Å². The molecule has 0 fully saturated rings. The first-order valence-electron chi connectivity index (χ1n) is 3.36. The predicted octanol–water partition coefficient (Wildman–Crippen LogP) is 0.303. The van der Waals surface area contributed by atoms with Crippen LogP contribution in [0.1, 0.15) is 6.42 Å². The van der Waals surface area contributed by atoms with Crippen LogP contribution in [0.15, 0.2) is 0 Å². The fourth-order valence-electron chi connectivity index (χ4n) is 0.650. The molecule has 0 aromatic carbocycles. The van der Waals surface area contributed by atoms with Crippen molar-refractivity contribution in [1.29, 1.82) is 0 Å². The second-order valence-corrected chi connectivity index (χ2v) is 1.98. The summed E-state index contributed by atoms with van der Waals surface area (Å²) in [6, 6.07) is 0. The second kappa shape index (κ2) is 10.0. The molecular weight excluding hydrogens is 201 g/mol. The van der Waals surface area contributed by atoms with Gasteiger partial charge in [-0.3, -0.25) is 0 Å². The van der Waals surface area contributed by atoms with Crippen molar-refractivity contribution in [1.82, 2.24) is 4.90 Å². The maximum Gasteiger partial charge on any atom is 0 e. The maximum atomic E-state index is 5.32. The molecule has 3 heteroatoms. The Morgan fingerprint density at radius 3 is 2.00 bits per heavy atom. The van der Waals surface area contributed by atoms with Crippen LogP contribution in [0, 0.1) is 13.8 Å². The van der Waals surface area contributed by atoms with Crippen LogP contribution in [-0.2, 0) is 32.7 Å². The maximum absolute atomic E-state index is 5.32. The van der Waals surface area contributed by atoms with E-state index in [2.05, 4.69) is 18.7 Å². The van der Waals surface area contributed by atoms with Crippen molar-refractivity contribution in [3.63, 3.8) is 0 Å². The third kappa shape index (κ3) is 7.13. The summed E-state index contributed by atoms with van der Waals surface area (Å²) in [6.45, 7) is 11.0. The summed E-state index contributed by atoms with van der Waals surface area (Å²) in [6.07, 6.45) is 1.05. The molecule has 10 heavy (non-hydrogen) atoms. The van der Waals surface area contributed by atoms with Gasteiger partial charge in [0.2, 0.25) is 0 Å². The summed E-state index contributed by atoms with van der Waals surface area (Å²) < 4.78 is 0. The standard InChI is InChI=1S/C7H16N2.Y/c1-3-9(4-2)7-5-6-8;/h1-8H2;/q-2;. The average molecular weight is 217 g/mol. The van der Waals surface area contributed by atoms with Gasteiger partial charge in [-0.1, -0.05) is 0 Å². The first-order valence-corrected chi connectivity index (χ1v) is 3.36. The Kier molecular flexibility index (Phi) is 13.6. The Hall–Kier alpha value is 1.02. The Bertz CT molecular complexity index is 55.6. The van der Waals surface area contributed by atoms with E-state index in [-0.39, 0.29) is 32.7 Å². The van der Waals surface area contributed by atoms with Crippen molar-refractivity contribution in [2.75, 3.05) is 26.2 Å². The zero-order chi connectivity index (χ0) is 7.11. The van der Waals surface area contributed by atoms with Crippen molar-refractivity contribution in [2.24, 2.45) is 5.73 Å². The van der Waals surface area contributed by atoms with E-state index in [9.17, 15) is 0 Å². The monoisotopic (exact) mass is 217 g/mol. The number of nitrogens with zero attached hydrogens (tertiary/aromatic N) is 1. The minimum absolute atomic E-state index is 0. The van der Waals surface area contributed by atoms with E-state index in [1.54, 1.807) is 0 Å². The van der Waals surface area contributed by atoms with Crippen molar-refractivity contribution in [3.05, 3.63) is 13.8 Å². The molecule has 0 heterocycles. The number of rotatable bonds is 5. The van der Waals surface area contributed by atoms with E-state index in [0.29, 0.717) is 0 Å². The van der Waals surface area contributed by atoms with Gasteiger partial charge in [0.05, 0.1) is 0 Å². The molecule has 0 spiro atoms. The van der Waals surface area contributed by atoms with Gasteiger partial charge in [0.15, 0.2) is 0 Å². The van der Waals surface area contributed by atoms with Crippen LogP contribution in [-0.4, -0.2) is 31.1 Å². The molecule has 0 aromatic rings. The molecule has 0 saturated heterocycles. The summed E-state index contributed by atoms with van der Waals surface area (Å²) in [5.41, 5.74) is 5.32. The van der Waals surface area contributed by atoms with Gasteiger partial charge in [-0.05, 0) is 19.5 Å². The molecule has 0 amide bonds. The normalized spacial score (nSPS) is 9.60. The largest absolute Gasteiger partial charge is 0.362 e. The molecule has 0 aromatic heterocycles. The molecule has 0 aliphatic carbocycles. The first kappa shape index (κ1) is 13.6. The molecule has 2 nitrogen and oxygen atoms in total. The smallest absolute Gasteiger partial charge is 0 e. The first-order chi connectivity index (χ1) is 4.35. The quantitative estimate of drug-likeness (QED) is 0.671. The van der Waals surface area contributed by atoms with Gasteiger partial charge in [0.1, 0.15) is 0 Å². The number of hydrogen-bond acceptors (Lipinski definition) is 2. The minimum Gasteiger partial charge on any atom is -0.362 e. The second-order valence-electron chi connectivity index (χ2n) is 1.98. The third-order valence-electron chi connectivity index (χ3n) is 1.31. The Labute approximate surface area is 89.4 Å². The van der Waals surface area contributed by atoms with Crippen LogP contribution >= 0.6 is 0 Å². The molecule has 0 bridgehead atoms. The van der Waals surface area contributed by atoms with Gasteiger partial charge in [0.25, 0.3) is 0 Å². The van der Waals surface area contributed by atoms with Gasteiger partial charge < -0.3 is 24.5 Å². The third-order valence-corrected chi connectivity index (χ3v) is 1.31. The van der Waals surface area contributed by atoms with Crippen molar-refractivity contribution in [2.45, 2.75) is 6.42 Å². The van der Waals surface area contributed by atoms with Crippen LogP contribution < -0.4 is 5.73 Å². The van der Waals surface area contributed by atoms with Gasteiger partial charge in [-0.2, -0.15) is 0 Å². The zero-order valence-corrected chi connectivity index (χ0v) is 9.39. The summed E-state index contributed by atoms with van der Waals surface area (Å²) in [7, 11) is 0. The summed E-state index contributed by atoms with van der Waals surface area (Å²) in [4.78, 5) is 2.16. The average Bonchev–Trinajstić information content (AvgIpc) is 1.91. The van der Waals surface area contributed by atoms with Crippen LogP contribution in [0.5, 0.6) is 0 Å². The Morgan fingerprint density at radius 2 is 1.70 bits per heavy atom. The molecule has 0 aliphatic rings. The molecule has 0 atom stereocenters. The van der Waals surface area contributed by atoms with E-state index >= 15 is 0 Å². The van der Waals surface area contributed by atoms with E-state index in [0.717, 1.165) is 32.6 Å². The summed E-state index contributed by atoms with van der Waals surface area (Å²) in [5.74, 6) is 0. The molecule has 2 N–H and O–H groups in total. The fraction of sp³-hybridized carbons (Fsp3) is 0.714. The minimum atomic E-state index is 0. The fourth-order valence-corrected chi connectivity index (χ4v) is 0.650. The van der Waals surface area contributed by atoms with Crippen LogP contribution in [0.3, 0.4) is 0 Å². The van der Waals surface area contributed by atoms with E-state index in [1.807, 2.05) is 0 Å². The van der Waals surface area contributed by atoms with Gasteiger partial charge >= 0.3 is 0 Å². The van der Waals surface area contributed by atoms with Crippen LogP contribution in [0.25, 0.3) is 0 Å². The number of nitrogens with two attached hydrogens (primary N) is 1. The predicted molar refractivity (Wildman–Crippen MR) is 40.8 cm³/mol. The van der Waals surface area contributed by atoms with Crippen LogP contribution in [0.2, 0.25) is 0 Å². The van der Waals surface area contributed by atoms with E-state index in [4.69, 9.17) is 5.73 Å². The van der Waals surface area contributed by atoms with Gasteiger partial charge in [-0.15, -0.1) is 13.1 Å². The molecular formula is C7H16N2Y-2. The Morgan fingerprint density at radius 1 is 1.20 bits per heavy atom. The molecule has 1 radical (unpaired) electrons. The van der Waals surface area contributed by atoms with Gasteiger partial charge in [-0.25, -0.2) is 0 Å². The molecule has 0 unspecified atom stereocenters. The molecule has 0 rings (SSSR count). The SMILES string of the molecule is [CH2-]CN(C[CH2-])CCCN.[Y]. The van der Waals surface area contributed by atoms with Crippen molar-refractivity contribution < 1.29 is 32.7 Å². The van der Waals surface area contributed by atoms with E-state index in [1.165, 1.54) is 0 Å². The summed E-state index contributed by atoms with van der Waals surface area (Å²) >= 11 is 0. The Balaban J connectivity index is 0. The van der Waals surface area contributed by atoms with Crippen molar-refractivity contribution in [3.8, 4) is 0 Å². The van der Waals surface area contributed by atoms with Crippen LogP contribution in [0.4, 0.5) is 0 Å². The van der Waals surface area contributed by atoms with Crippen molar-refractivity contribution >= 4 is 0 Å². The van der Waals surface area contributed by atoms with Gasteiger partial charge in [0, 0.05) is 32.7 Å². The molecule has 59 valence electrons. The topological polar surface area (TPSA) is 29.3 Å². The summed E-state index contributed by atoms with van der Waals surface area (Å²) in [5, 5.41) is 0.